The largest absolute Gasteiger partial charge is 0.497 e. The molecule has 2 aromatic carbocycles. The maximum Gasteiger partial charge on any atom is 0.257 e. The molecule has 0 aliphatic heterocycles. The molecule has 3 rings (SSSR count). The molecule has 2 N–H and O–H groups in total. The molecule has 0 radical (unpaired) electrons. The van der Waals surface area contributed by atoms with E-state index in [4.69, 9.17) is 9.47 Å². The predicted octanol–water partition coefficient (Wildman–Crippen LogP) is 3.28. The van der Waals surface area contributed by atoms with E-state index in [9.17, 15) is 9.59 Å². The van der Waals surface area contributed by atoms with Gasteiger partial charge >= 0.3 is 0 Å². The number of carbonyl (C=O) groups is 2. The zero-order valence-electron chi connectivity index (χ0n) is 16.1. The second kappa shape index (κ2) is 9.36. The second-order valence-corrected chi connectivity index (χ2v) is 6.18. The number of rotatable bonds is 7. The minimum absolute atomic E-state index is 0.230. The van der Waals surface area contributed by atoms with Crippen LogP contribution >= 0.6 is 0 Å². The number of methoxy groups -OCH3 is 2. The lowest BCUT2D eigenvalue weighted by Crippen LogP contribution is -2.22. The van der Waals surface area contributed by atoms with Crippen LogP contribution in [0.4, 0.5) is 5.69 Å². The zero-order valence-corrected chi connectivity index (χ0v) is 16.1. The number of amides is 2. The van der Waals surface area contributed by atoms with Crippen molar-refractivity contribution in [2.24, 2.45) is 0 Å². The first-order valence-electron chi connectivity index (χ1n) is 8.90. The number of ether oxygens (including phenoxy) is 2. The Bertz CT molecular complexity index is 966. The normalized spacial score (nSPS) is 10.1. The molecule has 7 heteroatoms. The van der Waals surface area contributed by atoms with Gasteiger partial charge in [-0.2, -0.15) is 0 Å². The Kier molecular flexibility index (Phi) is 6.42. The summed E-state index contributed by atoms with van der Waals surface area (Å²) >= 11 is 0. The average Bonchev–Trinajstić information content (AvgIpc) is 2.78. The molecule has 0 atom stereocenters. The molecule has 2 amide bonds. The Morgan fingerprint density at radius 3 is 2.17 bits per heavy atom. The molecule has 0 aliphatic rings. The van der Waals surface area contributed by atoms with E-state index in [-0.39, 0.29) is 11.8 Å². The van der Waals surface area contributed by atoms with Crippen LogP contribution in [0.1, 0.15) is 26.3 Å². The van der Waals surface area contributed by atoms with Crippen LogP contribution in [-0.2, 0) is 6.54 Å². The van der Waals surface area contributed by atoms with Crippen LogP contribution in [0.15, 0.2) is 67.0 Å². The highest BCUT2D eigenvalue weighted by molar-refractivity contribution is 6.04. The van der Waals surface area contributed by atoms with Crippen LogP contribution in [0.3, 0.4) is 0 Å². The van der Waals surface area contributed by atoms with Crippen molar-refractivity contribution in [3.05, 3.63) is 83.7 Å². The van der Waals surface area contributed by atoms with Gasteiger partial charge in [-0.1, -0.05) is 12.1 Å². The Hall–Kier alpha value is -3.87. The van der Waals surface area contributed by atoms with Gasteiger partial charge in [-0.3, -0.25) is 14.6 Å². The monoisotopic (exact) mass is 391 g/mol. The van der Waals surface area contributed by atoms with Gasteiger partial charge in [0.05, 0.1) is 19.8 Å². The van der Waals surface area contributed by atoms with Crippen LogP contribution in [0.5, 0.6) is 11.5 Å². The maximum atomic E-state index is 12.4. The number of nitrogens with zero attached hydrogens (tertiary/aromatic N) is 1. The minimum atomic E-state index is -0.240. The van der Waals surface area contributed by atoms with Gasteiger partial charge in [-0.15, -0.1) is 0 Å². The second-order valence-electron chi connectivity index (χ2n) is 6.18. The van der Waals surface area contributed by atoms with Crippen LogP contribution in [0.2, 0.25) is 0 Å². The summed E-state index contributed by atoms with van der Waals surface area (Å²) in [6, 6.07) is 15.6. The third-order valence-electron chi connectivity index (χ3n) is 4.20. The molecule has 0 unspecified atom stereocenters. The molecule has 0 aliphatic carbocycles. The molecular formula is C22H21N3O4. The number of carbonyl (C=O) groups excluding carboxylic acids is 2. The number of anilines is 1. The third-order valence-corrected chi connectivity index (χ3v) is 4.20. The molecule has 3 aromatic rings. The standard InChI is InChI=1S/C22H21N3O4/c1-28-19-10-17(11-20(12-19)29-2)21(26)24-13-15-5-7-18(8-6-15)25-22(27)16-4-3-9-23-14-16/h3-12,14H,13H2,1-2H3,(H,24,26)(H,25,27). The van der Waals surface area contributed by atoms with E-state index in [2.05, 4.69) is 15.6 Å². The summed E-state index contributed by atoms with van der Waals surface area (Å²) in [5, 5.41) is 5.67. The van der Waals surface area contributed by atoms with E-state index in [0.29, 0.717) is 34.9 Å². The first kappa shape index (κ1) is 19.9. The first-order valence-corrected chi connectivity index (χ1v) is 8.90. The molecule has 0 bridgehead atoms. The lowest BCUT2D eigenvalue weighted by molar-refractivity contribution is 0.0949. The highest BCUT2D eigenvalue weighted by Crippen LogP contribution is 2.22. The van der Waals surface area contributed by atoms with Crippen LogP contribution in [0.25, 0.3) is 0 Å². The van der Waals surface area contributed by atoms with Crippen molar-refractivity contribution in [2.45, 2.75) is 6.54 Å². The van der Waals surface area contributed by atoms with Crippen LogP contribution in [-0.4, -0.2) is 31.0 Å². The Balaban J connectivity index is 1.59. The topological polar surface area (TPSA) is 89.5 Å². The summed E-state index contributed by atoms with van der Waals surface area (Å²) in [7, 11) is 3.07. The highest BCUT2D eigenvalue weighted by atomic mass is 16.5. The van der Waals surface area contributed by atoms with Gasteiger partial charge in [0.15, 0.2) is 0 Å². The quantitative estimate of drug-likeness (QED) is 0.645. The maximum absolute atomic E-state index is 12.4. The molecule has 7 nitrogen and oxygen atoms in total. The van der Waals surface area contributed by atoms with E-state index in [1.54, 1.807) is 48.7 Å². The van der Waals surface area contributed by atoms with Crippen LogP contribution < -0.4 is 20.1 Å². The van der Waals surface area contributed by atoms with E-state index < -0.39 is 0 Å². The summed E-state index contributed by atoms with van der Waals surface area (Å²) in [4.78, 5) is 28.5. The number of hydrogen-bond acceptors (Lipinski definition) is 5. The Morgan fingerprint density at radius 1 is 0.897 bits per heavy atom. The van der Waals surface area contributed by atoms with Gasteiger partial charge < -0.3 is 20.1 Å². The van der Waals surface area contributed by atoms with Crippen molar-refractivity contribution < 1.29 is 19.1 Å². The summed E-state index contributed by atoms with van der Waals surface area (Å²) in [6.45, 7) is 0.342. The molecule has 148 valence electrons. The van der Waals surface area contributed by atoms with Gasteiger partial charge in [-0.05, 0) is 42.0 Å². The fraction of sp³-hybridized carbons (Fsp3) is 0.136. The van der Waals surface area contributed by atoms with Crippen molar-refractivity contribution in [2.75, 3.05) is 19.5 Å². The number of nitrogens with one attached hydrogen (secondary N) is 2. The van der Waals surface area contributed by atoms with E-state index in [1.807, 2.05) is 12.1 Å². The lowest BCUT2D eigenvalue weighted by Gasteiger charge is -2.10. The SMILES string of the molecule is COc1cc(OC)cc(C(=O)NCc2ccc(NC(=O)c3cccnc3)cc2)c1. The van der Waals surface area contributed by atoms with Crippen molar-refractivity contribution in [3.63, 3.8) is 0 Å². The number of benzene rings is 2. The molecule has 0 spiro atoms. The molecule has 0 fully saturated rings. The van der Waals surface area contributed by atoms with Gasteiger partial charge in [0.1, 0.15) is 11.5 Å². The first-order chi connectivity index (χ1) is 14.1. The van der Waals surface area contributed by atoms with Gasteiger partial charge in [-0.25, -0.2) is 0 Å². The molecule has 1 heterocycles. The molecule has 0 saturated carbocycles. The number of hydrogen-bond donors (Lipinski definition) is 2. The van der Waals surface area contributed by atoms with E-state index in [0.717, 1.165) is 5.56 Å². The van der Waals surface area contributed by atoms with Gasteiger partial charge in [0.25, 0.3) is 11.8 Å². The smallest absolute Gasteiger partial charge is 0.257 e. The van der Waals surface area contributed by atoms with Gasteiger partial charge in [0.2, 0.25) is 0 Å². The van der Waals surface area contributed by atoms with Crippen molar-refractivity contribution in [3.8, 4) is 11.5 Å². The highest BCUT2D eigenvalue weighted by Gasteiger charge is 2.10. The summed E-state index contributed by atoms with van der Waals surface area (Å²) < 4.78 is 10.4. The predicted molar refractivity (Wildman–Crippen MR) is 109 cm³/mol. The van der Waals surface area contributed by atoms with Crippen molar-refractivity contribution in [1.29, 1.82) is 0 Å². The summed E-state index contributed by atoms with van der Waals surface area (Å²) in [6.07, 6.45) is 3.12. The Morgan fingerprint density at radius 2 is 1.59 bits per heavy atom. The minimum Gasteiger partial charge on any atom is -0.497 e. The molecule has 29 heavy (non-hydrogen) atoms. The molecule has 0 saturated heterocycles. The van der Waals surface area contributed by atoms with E-state index >= 15 is 0 Å². The molecule has 1 aromatic heterocycles. The van der Waals surface area contributed by atoms with Crippen molar-refractivity contribution in [1.82, 2.24) is 10.3 Å². The number of pyridine rings is 1. The summed E-state index contributed by atoms with van der Waals surface area (Å²) in [5.74, 6) is 0.619. The third kappa shape index (κ3) is 5.32. The lowest BCUT2D eigenvalue weighted by atomic mass is 10.1. The van der Waals surface area contributed by atoms with Crippen molar-refractivity contribution >= 4 is 17.5 Å². The average molecular weight is 391 g/mol. The van der Waals surface area contributed by atoms with E-state index in [1.165, 1.54) is 20.4 Å². The number of aromatic nitrogens is 1. The Labute approximate surface area is 168 Å². The zero-order chi connectivity index (χ0) is 20.6. The summed E-state index contributed by atoms with van der Waals surface area (Å²) in [5.41, 5.74) is 2.48. The fourth-order valence-electron chi connectivity index (χ4n) is 2.63. The van der Waals surface area contributed by atoms with Gasteiger partial charge in [0, 0.05) is 36.3 Å². The fourth-order valence-corrected chi connectivity index (χ4v) is 2.63. The van der Waals surface area contributed by atoms with Crippen LogP contribution in [0, 0.1) is 0 Å². The molecular weight excluding hydrogens is 370 g/mol.